The molecule has 0 saturated heterocycles. The number of carbonyl (C=O) groups excluding carboxylic acids is 3. The first kappa shape index (κ1) is 16.5. The quantitative estimate of drug-likeness (QED) is 0.782. The second-order valence-electron chi connectivity index (χ2n) is 5.15. The summed E-state index contributed by atoms with van der Waals surface area (Å²) >= 11 is 2.54. The highest BCUT2D eigenvalue weighted by Gasteiger charge is 2.49. The molecule has 0 aliphatic carbocycles. The third kappa shape index (κ3) is 2.78. The van der Waals surface area contributed by atoms with E-state index in [-0.39, 0.29) is 5.75 Å². The zero-order chi connectivity index (χ0) is 17.4. The fourth-order valence-corrected chi connectivity index (χ4v) is 3.82. The molecule has 3 rings (SSSR count). The van der Waals surface area contributed by atoms with E-state index in [1.165, 1.54) is 23.0 Å². The molecule has 1 aromatic heterocycles. The Morgan fingerprint density at radius 2 is 2.21 bits per heavy atom. The van der Waals surface area contributed by atoms with Crippen LogP contribution < -0.4 is 5.73 Å². The third-order valence-corrected chi connectivity index (χ3v) is 5.46. The standard InChI is InChI=1S/C14H13N5O3S2/c1-18-11-9(13(21)19(2)14(18)22)12(24-6-8(15)20)17-10(16-11)7-4-3-5-23-7/h3-5,9H,6H2,1-2H3,(H-,15,20)/p+1. The Morgan fingerprint density at radius 3 is 2.83 bits per heavy atom. The van der Waals surface area contributed by atoms with Gasteiger partial charge in [0.2, 0.25) is 11.7 Å². The van der Waals surface area contributed by atoms with E-state index in [9.17, 15) is 14.4 Å². The topological polar surface area (TPSA) is 108 Å². The van der Waals surface area contributed by atoms with Crippen molar-refractivity contribution in [2.24, 2.45) is 21.6 Å². The Bertz CT molecular complexity index is 825. The second-order valence-corrected chi connectivity index (χ2v) is 7.09. The number of primary amides is 1. The Hall–Kier alpha value is -2.33. The van der Waals surface area contributed by atoms with Crippen molar-refractivity contribution in [3.63, 3.8) is 0 Å². The van der Waals surface area contributed by atoms with Gasteiger partial charge in [0.15, 0.2) is 5.92 Å². The number of nitrogens with two attached hydrogens (primary N) is 1. The molecule has 2 aliphatic rings. The van der Waals surface area contributed by atoms with E-state index in [0.717, 1.165) is 21.5 Å². The molecule has 8 nitrogen and oxygen atoms in total. The summed E-state index contributed by atoms with van der Waals surface area (Å²) in [4.78, 5) is 46.6. The molecular weight excluding hydrogens is 350 g/mol. The van der Waals surface area contributed by atoms with Crippen LogP contribution in [0.15, 0.2) is 27.5 Å². The second kappa shape index (κ2) is 6.29. The Balaban J connectivity index is 2.12. The van der Waals surface area contributed by atoms with Gasteiger partial charge in [0.25, 0.3) is 5.84 Å². The zero-order valence-electron chi connectivity index (χ0n) is 12.9. The van der Waals surface area contributed by atoms with Crippen LogP contribution in [0.4, 0.5) is 4.79 Å². The maximum Gasteiger partial charge on any atom is 0.445 e. The molecule has 10 heteroatoms. The van der Waals surface area contributed by atoms with E-state index in [1.807, 2.05) is 17.5 Å². The van der Waals surface area contributed by atoms with Crippen molar-refractivity contribution in [1.29, 1.82) is 0 Å². The number of urea groups is 1. The maximum absolute atomic E-state index is 12.5. The van der Waals surface area contributed by atoms with Crippen molar-refractivity contribution in [3.05, 3.63) is 22.4 Å². The minimum absolute atomic E-state index is 0.00497. The lowest BCUT2D eigenvalue weighted by Crippen LogP contribution is -2.54. The average Bonchev–Trinajstić information content (AvgIpc) is 3.09. The predicted molar refractivity (Wildman–Crippen MR) is 92.8 cm³/mol. The Morgan fingerprint density at radius 1 is 1.46 bits per heavy atom. The van der Waals surface area contributed by atoms with Crippen molar-refractivity contribution >= 4 is 57.7 Å². The van der Waals surface area contributed by atoms with Gasteiger partial charge in [0.1, 0.15) is 5.04 Å². The van der Waals surface area contributed by atoms with Crippen LogP contribution in [0, 0.1) is 5.92 Å². The molecule has 4 amide bonds. The van der Waals surface area contributed by atoms with E-state index in [4.69, 9.17) is 5.73 Å². The first-order chi connectivity index (χ1) is 11.4. The van der Waals surface area contributed by atoms with Crippen molar-refractivity contribution in [3.8, 4) is 0 Å². The van der Waals surface area contributed by atoms with Gasteiger partial charge in [-0.3, -0.25) is 9.59 Å². The van der Waals surface area contributed by atoms with Crippen LogP contribution in [0.1, 0.15) is 4.88 Å². The molecule has 0 fully saturated rings. The number of nitrogens with zero attached hydrogens (tertiary/aromatic N) is 4. The number of carbonyl (C=O) groups is 3. The normalized spacial score (nSPS) is 20.8. The molecule has 3 heterocycles. The number of amidine groups is 2. The number of thioether (sulfide) groups is 1. The van der Waals surface area contributed by atoms with E-state index >= 15 is 0 Å². The highest BCUT2D eigenvalue weighted by Crippen LogP contribution is 2.27. The Kier molecular flexibility index (Phi) is 4.33. The largest absolute Gasteiger partial charge is 0.445 e. The molecule has 24 heavy (non-hydrogen) atoms. The lowest BCUT2D eigenvalue weighted by atomic mass is 10.0. The third-order valence-electron chi connectivity index (χ3n) is 3.54. The monoisotopic (exact) mass is 364 g/mol. The van der Waals surface area contributed by atoms with E-state index in [1.54, 1.807) is 7.05 Å². The van der Waals surface area contributed by atoms with Gasteiger partial charge in [-0.25, -0.2) is 9.79 Å². The minimum Gasteiger partial charge on any atom is -0.369 e. The summed E-state index contributed by atoms with van der Waals surface area (Å²) in [5.74, 6) is -1.00. The van der Waals surface area contributed by atoms with Crippen LogP contribution in [-0.2, 0) is 9.59 Å². The summed E-state index contributed by atoms with van der Waals surface area (Å²) in [5, 5.41) is 2.30. The number of imide groups is 1. The van der Waals surface area contributed by atoms with Gasteiger partial charge in [0.05, 0.1) is 24.7 Å². The Labute approximate surface area is 145 Å². The summed E-state index contributed by atoms with van der Waals surface area (Å²) in [7, 11) is 2.97. The van der Waals surface area contributed by atoms with Crippen LogP contribution in [0.5, 0.6) is 0 Å². The van der Waals surface area contributed by atoms with Crippen LogP contribution >= 0.6 is 23.1 Å². The molecule has 0 spiro atoms. The van der Waals surface area contributed by atoms with Gasteiger partial charge < -0.3 is 5.73 Å². The number of amides is 4. The van der Waals surface area contributed by atoms with Gasteiger partial charge in [0, 0.05) is 0 Å². The number of thiophene rings is 1. The average molecular weight is 364 g/mol. The summed E-state index contributed by atoms with van der Waals surface area (Å²) in [6.07, 6.45) is 0. The molecule has 0 radical (unpaired) electrons. The lowest BCUT2D eigenvalue weighted by Gasteiger charge is -2.26. The van der Waals surface area contributed by atoms with Gasteiger partial charge >= 0.3 is 11.9 Å². The highest BCUT2D eigenvalue weighted by atomic mass is 32.2. The molecule has 1 unspecified atom stereocenters. The fraction of sp³-hybridized carbons (Fsp3) is 0.286. The minimum atomic E-state index is -0.800. The summed E-state index contributed by atoms with van der Waals surface area (Å²) < 4.78 is 1.33. The fourth-order valence-electron chi connectivity index (χ4n) is 2.35. The van der Waals surface area contributed by atoms with Crippen molar-refractivity contribution in [2.45, 2.75) is 0 Å². The molecule has 0 aromatic carbocycles. The number of hydrogen-bond donors (Lipinski definition) is 1. The summed E-state index contributed by atoms with van der Waals surface area (Å²) in [6, 6.07) is 3.25. The van der Waals surface area contributed by atoms with Crippen LogP contribution in [-0.4, -0.2) is 63.9 Å². The molecule has 2 N–H and O–H groups in total. The SMILES string of the molecule is CN1C(=O)C2C(SCC(N)=O)=NC(c3cccs3)=NC2=[N+](C)C1=O. The summed E-state index contributed by atoms with van der Waals surface area (Å²) in [5.41, 5.74) is 5.21. The lowest BCUT2D eigenvalue weighted by molar-refractivity contribution is -0.407. The number of hydrogen-bond acceptors (Lipinski definition) is 7. The molecule has 124 valence electrons. The highest BCUT2D eigenvalue weighted by molar-refractivity contribution is 8.14. The van der Waals surface area contributed by atoms with E-state index in [2.05, 4.69) is 9.98 Å². The number of aliphatic imine (C=N–C) groups is 2. The molecule has 1 aromatic rings. The van der Waals surface area contributed by atoms with Gasteiger partial charge in [-0.1, -0.05) is 22.8 Å². The number of fused-ring (bicyclic) bond motifs is 1. The van der Waals surface area contributed by atoms with Crippen LogP contribution in [0.3, 0.4) is 0 Å². The van der Waals surface area contributed by atoms with Crippen molar-refractivity contribution < 1.29 is 19.0 Å². The van der Waals surface area contributed by atoms with Crippen LogP contribution in [0.25, 0.3) is 0 Å². The maximum atomic E-state index is 12.5. The molecule has 0 bridgehead atoms. The van der Waals surface area contributed by atoms with E-state index in [0.29, 0.717) is 16.7 Å². The zero-order valence-corrected chi connectivity index (χ0v) is 14.6. The summed E-state index contributed by atoms with van der Waals surface area (Å²) in [6.45, 7) is 0. The van der Waals surface area contributed by atoms with Gasteiger partial charge in [-0.2, -0.15) is 9.48 Å². The molecule has 0 saturated carbocycles. The first-order valence-electron chi connectivity index (χ1n) is 6.94. The molecule has 1 atom stereocenters. The van der Waals surface area contributed by atoms with E-state index < -0.39 is 23.8 Å². The smallest absolute Gasteiger partial charge is 0.369 e. The van der Waals surface area contributed by atoms with Crippen LogP contribution in [0.2, 0.25) is 0 Å². The first-order valence-corrected chi connectivity index (χ1v) is 8.81. The van der Waals surface area contributed by atoms with Gasteiger partial charge in [-0.15, -0.1) is 11.3 Å². The van der Waals surface area contributed by atoms with Gasteiger partial charge in [-0.05, 0) is 11.4 Å². The predicted octanol–water partition coefficient (Wildman–Crippen LogP) is 0.374. The van der Waals surface area contributed by atoms with Crippen molar-refractivity contribution in [2.75, 3.05) is 19.8 Å². The van der Waals surface area contributed by atoms with Crippen molar-refractivity contribution in [1.82, 2.24) is 4.90 Å². The number of rotatable bonds is 3. The molecular formula is C14H14N5O3S2+. The molecule has 2 aliphatic heterocycles.